The summed E-state index contributed by atoms with van der Waals surface area (Å²) in [7, 11) is 3.22. The van der Waals surface area contributed by atoms with E-state index in [4.69, 9.17) is 9.47 Å². The van der Waals surface area contributed by atoms with Crippen LogP contribution in [0.1, 0.15) is 61.0 Å². The molecular weight excluding hydrogens is 428 g/mol. The van der Waals surface area contributed by atoms with Gasteiger partial charge >= 0.3 is 0 Å². The van der Waals surface area contributed by atoms with Gasteiger partial charge in [-0.25, -0.2) is 0 Å². The highest BCUT2D eigenvalue weighted by molar-refractivity contribution is 6.02. The van der Waals surface area contributed by atoms with E-state index in [0.717, 1.165) is 36.8 Å². The molecule has 0 aromatic heterocycles. The van der Waals surface area contributed by atoms with Crippen LogP contribution in [0.4, 0.5) is 0 Å². The zero-order chi connectivity index (χ0) is 24.3. The fourth-order valence-electron chi connectivity index (χ4n) is 5.29. The van der Waals surface area contributed by atoms with Crippen LogP contribution in [0.2, 0.25) is 0 Å². The van der Waals surface area contributed by atoms with E-state index < -0.39 is 5.54 Å². The average molecular weight is 465 g/mol. The summed E-state index contributed by atoms with van der Waals surface area (Å²) in [5, 5.41) is 3.29. The first-order valence-corrected chi connectivity index (χ1v) is 12.3. The second kappa shape index (κ2) is 10.1. The predicted octanol–water partition coefficient (Wildman–Crippen LogP) is 4.40. The first-order valence-electron chi connectivity index (χ1n) is 12.3. The van der Waals surface area contributed by atoms with Gasteiger partial charge in [0.15, 0.2) is 11.5 Å². The van der Waals surface area contributed by atoms with Gasteiger partial charge in [-0.15, -0.1) is 0 Å². The minimum absolute atomic E-state index is 0.0535. The Labute approximate surface area is 202 Å². The molecule has 2 aromatic rings. The van der Waals surface area contributed by atoms with E-state index in [2.05, 4.69) is 12.2 Å². The Morgan fingerprint density at radius 1 is 1.06 bits per heavy atom. The third-order valence-electron chi connectivity index (χ3n) is 7.54. The molecule has 1 fully saturated rings. The summed E-state index contributed by atoms with van der Waals surface area (Å²) in [6.07, 6.45) is 5.38. The van der Waals surface area contributed by atoms with Crippen molar-refractivity contribution in [1.29, 1.82) is 0 Å². The van der Waals surface area contributed by atoms with Crippen molar-refractivity contribution in [1.82, 2.24) is 10.2 Å². The highest BCUT2D eigenvalue weighted by atomic mass is 16.5. The smallest absolute Gasteiger partial charge is 0.255 e. The molecule has 0 saturated heterocycles. The van der Waals surface area contributed by atoms with E-state index in [9.17, 15) is 9.59 Å². The number of carbonyl (C=O) groups is 2. The minimum Gasteiger partial charge on any atom is -0.493 e. The van der Waals surface area contributed by atoms with E-state index >= 15 is 0 Å². The van der Waals surface area contributed by atoms with E-state index in [1.165, 1.54) is 0 Å². The van der Waals surface area contributed by atoms with Crippen molar-refractivity contribution in [3.63, 3.8) is 0 Å². The van der Waals surface area contributed by atoms with Gasteiger partial charge in [0.05, 0.1) is 14.2 Å². The largest absolute Gasteiger partial charge is 0.493 e. The zero-order valence-corrected chi connectivity index (χ0v) is 20.7. The summed E-state index contributed by atoms with van der Waals surface area (Å²) in [5.74, 6) is 1.90. The first kappa shape index (κ1) is 24.1. The lowest BCUT2D eigenvalue weighted by Crippen LogP contribution is -2.64. The molecule has 1 heterocycles. The molecule has 34 heavy (non-hydrogen) atoms. The fraction of sp³-hybridized carbons (Fsp3) is 0.500. The Hall–Kier alpha value is -3.02. The molecule has 182 valence electrons. The number of hydrogen-bond acceptors (Lipinski definition) is 4. The Morgan fingerprint density at radius 2 is 1.76 bits per heavy atom. The average Bonchev–Trinajstić information content (AvgIpc) is 2.85. The molecular formula is C28H36N2O4. The van der Waals surface area contributed by atoms with Gasteiger partial charge < -0.3 is 19.7 Å². The molecule has 1 atom stereocenters. The highest BCUT2D eigenvalue weighted by Crippen LogP contribution is 2.33. The number of fused-ring (bicyclic) bond motifs is 1. The summed E-state index contributed by atoms with van der Waals surface area (Å²) in [5.41, 5.74) is 1.70. The molecule has 0 radical (unpaired) electrons. The Kier molecular flexibility index (Phi) is 7.15. The summed E-state index contributed by atoms with van der Waals surface area (Å²) in [6, 6.07) is 13.6. The van der Waals surface area contributed by atoms with E-state index in [0.29, 0.717) is 42.4 Å². The second-order valence-corrected chi connectivity index (χ2v) is 9.93. The van der Waals surface area contributed by atoms with Gasteiger partial charge in [0.1, 0.15) is 5.54 Å². The monoisotopic (exact) mass is 464 g/mol. The molecule has 1 aliphatic heterocycles. The van der Waals surface area contributed by atoms with E-state index in [1.807, 2.05) is 49.4 Å². The Balaban J connectivity index is 1.58. The Bertz CT molecular complexity index is 1040. The third-order valence-corrected chi connectivity index (χ3v) is 7.54. The van der Waals surface area contributed by atoms with Crippen LogP contribution in [0, 0.1) is 5.92 Å². The molecule has 4 rings (SSSR count). The van der Waals surface area contributed by atoms with Gasteiger partial charge in [0.2, 0.25) is 5.91 Å². The topological polar surface area (TPSA) is 67.9 Å². The zero-order valence-electron chi connectivity index (χ0n) is 20.7. The number of nitrogens with one attached hydrogen (secondary N) is 1. The molecule has 1 saturated carbocycles. The van der Waals surface area contributed by atoms with Crippen molar-refractivity contribution >= 4 is 11.8 Å². The maximum atomic E-state index is 13.7. The molecule has 6 heteroatoms. The van der Waals surface area contributed by atoms with E-state index in [1.54, 1.807) is 19.1 Å². The van der Waals surface area contributed by atoms with Crippen molar-refractivity contribution < 1.29 is 19.1 Å². The van der Waals surface area contributed by atoms with Crippen LogP contribution in [-0.2, 0) is 17.6 Å². The third kappa shape index (κ3) is 4.77. The van der Waals surface area contributed by atoms with Crippen LogP contribution < -0.4 is 14.8 Å². The normalized spacial score (nSPS) is 24.4. The summed E-state index contributed by atoms with van der Waals surface area (Å²) in [4.78, 5) is 29.1. The quantitative estimate of drug-likeness (QED) is 0.660. The SMILES string of the molecule is COc1ccc(CCN2C(=O)c3ccccc3C[C@]2(C)C(=O)NC2CCC(C)CC2)cc1OC. The predicted molar refractivity (Wildman–Crippen MR) is 132 cm³/mol. The lowest BCUT2D eigenvalue weighted by molar-refractivity contribution is -0.132. The molecule has 0 spiro atoms. The van der Waals surface area contributed by atoms with Crippen molar-refractivity contribution in [3.8, 4) is 11.5 Å². The molecule has 2 aromatic carbocycles. The van der Waals surface area contributed by atoms with Gasteiger partial charge in [-0.3, -0.25) is 9.59 Å². The number of rotatable bonds is 7. The summed E-state index contributed by atoms with van der Waals surface area (Å²) < 4.78 is 10.8. The van der Waals surface area contributed by atoms with Crippen molar-refractivity contribution in [2.75, 3.05) is 20.8 Å². The molecule has 2 amide bonds. The van der Waals surface area contributed by atoms with Gasteiger partial charge in [-0.05, 0) is 74.3 Å². The number of methoxy groups -OCH3 is 2. The minimum atomic E-state index is -0.939. The number of benzene rings is 2. The number of nitrogens with zero attached hydrogens (tertiary/aromatic N) is 1. The van der Waals surface area contributed by atoms with Crippen molar-refractivity contribution in [2.45, 2.75) is 64.0 Å². The van der Waals surface area contributed by atoms with Crippen LogP contribution in [-0.4, -0.2) is 49.1 Å². The molecule has 0 unspecified atom stereocenters. The van der Waals surface area contributed by atoms with Crippen LogP contribution in [0.3, 0.4) is 0 Å². The maximum Gasteiger partial charge on any atom is 0.255 e. The van der Waals surface area contributed by atoms with Crippen LogP contribution >= 0.6 is 0 Å². The maximum absolute atomic E-state index is 13.7. The lowest BCUT2D eigenvalue weighted by Gasteiger charge is -2.45. The van der Waals surface area contributed by atoms with E-state index in [-0.39, 0.29) is 17.9 Å². The number of carbonyl (C=O) groups excluding carboxylic acids is 2. The number of ether oxygens (including phenoxy) is 2. The molecule has 1 N–H and O–H groups in total. The molecule has 1 aliphatic carbocycles. The second-order valence-electron chi connectivity index (χ2n) is 9.93. The fourth-order valence-corrected chi connectivity index (χ4v) is 5.29. The van der Waals surface area contributed by atoms with Crippen molar-refractivity contribution in [2.24, 2.45) is 5.92 Å². The molecule has 6 nitrogen and oxygen atoms in total. The van der Waals surface area contributed by atoms with Gasteiger partial charge in [-0.1, -0.05) is 31.2 Å². The highest BCUT2D eigenvalue weighted by Gasteiger charge is 2.47. The van der Waals surface area contributed by atoms with Gasteiger partial charge in [0, 0.05) is 24.6 Å². The van der Waals surface area contributed by atoms with Gasteiger partial charge in [-0.2, -0.15) is 0 Å². The Morgan fingerprint density at radius 3 is 2.47 bits per heavy atom. The summed E-state index contributed by atoms with van der Waals surface area (Å²) >= 11 is 0. The molecule has 0 bridgehead atoms. The molecule has 2 aliphatic rings. The van der Waals surface area contributed by atoms with Gasteiger partial charge in [0.25, 0.3) is 5.91 Å². The van der Waals surface area contributed by atoms with Crippen LogP contribution in [0.5, 0.6) is 11.5 Å². The number of amides is 2. The van der Waals surface area contributed by atoms with Crippen LogP contribution in [0.15, 0.2) is 42.5 Å². The van der Waals surface area contributed by atoms with Crippen molar-refractivity contribution in [3.05, 3.63) is 59.2 Å². The standard InChI is InChI=1S/C28H36N2O4/c1-19-9-12-22(13-10-19)29-27(32)28(2)18-21-7-5-6-8-23(21)26(31)30(28)16-15-20-11-14-24(33-3)25(17-20)34-4/h5-8,11,14,17,19,22H,9-10,12-13,15-16,18H2,1-4H3,(H,29,32)/t19?,22?,28-/m1/s1. The lowest BCUT2D eigenvalue weighted by atomic mass is 9.81. The van der Waals surface area contributed by atoms with Crippen LogP contribution in [0.25, 0.3) is 0 Å². The first-order chi connectivity index (χ1) is 16.4. The number of hydrogen-bond donors (Lipinski definition) is 1. The summed E-state index contributed by atoms with van der Waals surface area (Å²) in [6.45, 7) is 4.62.